The van der Waals surface area contributed by atoms with Crippen molar-refractivity contribution in [2.75, 3.05) is 26.2 Å². The van der Waals surface area contributed by atoms with Gasteiger partial charge in [0.2, 0.25) is 0 Å². The molecule has 0 spiro atoms. The average Bonchev–Trinajstić information content (AvgIpc) is 3.37. The second-order valence-corrected chi connectivity index (χ2v) is 11.0. The van der Waals surface area contributed by atoms with Crippen LogP contribution in [0.15, 0.2) is 53.1 Å². The molecule has 0 atom stereocenters. The summed E-state index contributed by atoms with van der Waals surface area (Å²) < 4.78 is 25.5. The first-order valence-corrected chi connectivity index (χ1v) is 13.5. The Kier molecular flexibility index (Phi) is 9.36. The van der Waals surface area contributed by atoms with Crippen LogP contribution in [0.3, 0.4) is 0 Å². The molecule has 0 aliphatic carbocycles. The third-order valence-corrected chi connectivity index (χ3v) is 6.64. The third-order valence-electron chi connectivity index (χ3n) is 6.64. The molecular formula is C32H37FN2O3. The lowest BCUT2D eigenvalue weighted by atomic mass is 9.93. The number of halogens is 1. The molecular weight excluding hydrogens is 479 g/mol. The Morgan fingerprint density at radius 2 is 1.71 bits per heavy atom. The summed E-state index contributed by atoms with van der Waals surface area (Å²) in [4.78, 5) is 14.9. The number of Topliss-reactive ketones (excluding diaryl/α,β-unsaturated/α-hetero) is 1. The van der Waals surface area contributed by atoms with E-state index in [0.717, 1.165) is 42.9 Å². The van der Waals surface area contributed by atoms with E-state index < -0.39 is 5.82 Å². The van der Waals surface area contributed by atoms with E-state index in [2.05, 4.69) is 21.9 Å². The van der Waals surface area contributed by atoms with Gasteiger partial charge in [0.05, 0.1) is 18.7 Å². The number of ketones is 1. The number of carbonyl (C=O) groups excluding carboxylic acids is 1. The van der Waals surface area contributed by atoms with E-state index in [1.54, 1.807) is 12.1 Å². The van der Waals surface area contributed by atoms with Gasteiger partial charge in [0.25, 0.3) is 0 Å². The monoisotopic (exact) mass is 516 g/mol. The molecule has 0 unspecified atom stereocenters. The molecule has 5 nitrogen and oxygen atoms in total. The van der Waals surface area contributed by atoms with E-state index in [1.165, 1.54) is 25.3 Å². The van der Waals surface area contributed by atoms with E-state index in [-0.39, 0.29) is 23.4 Å². The van der Waals surface area contributed by atoms with Crippen molar-refractivity contribution in [3.8, 4) is 17.6 Å². The van der Waals surface area contributed by atoms with Gasteiger partial charge in [-0.1, -0.05) is 56.3 Å². The Balaban J connectivity index is 1.24. The van der Waals surface area contributed by atoms with Gasteiger partial charge in [-0.15, -0.1) is 0 Å². The molecule has 0 saturated carbocycles. The summed E-state index contributed by atoms with van der Waals surface area (Å²) in [5.41, 5.74) is 2.81. The summed E-state index contributed by atoms with van der Waals surface area (Å²) in [7, 11) is 0. The number of rotatable bonds is 9. The maximum Gasteiger partial charge on any atom is 0.166 e. The van der Waals surface area contributed by atoms with Crippen molar-refractivity contribution in [1.29, 1.82) is 0 Å². The van der Waals surface area contributed by atoms with E-state index in [0.29, 0.717) is 24.3 Å². The molecule has 1 aliphatic rings. The van der Waals surface area contributed by atoms with Crippen LogP contribution in [-0.2, 0) is 23.1 Å². The van der Waals surface area contributed by atoms with Gasteiger partial charge < -0.3 is 14.2 Å². The zero-order chi connectivity index (χ0) is 27.0. The maximum absolute atomic E-state index is 14.5. The zero-order valence-corrected chi connectivity index (χ0v) is 22.7. The van der Waals surface area contributed by atoms with Crippen molar-refractivity contribution in [3.05, 3.63) is 82.5 Å². The maximum atomic E-state index is 14.5. The van der Waals surface area contributed by atoms with Gasteiger partial charge in [-0.2, -0.15) is 0 Å². The Bertz CT molecular complexity index is 1270. The van der Waals surface area contributed by atoms with Crippen LogP contribution in [0.4, 0.5) is 4.39 Å². The first-order valence-electron chi connectivity index (χ1n) is 13.5. The normalized spacial score (nSPS) is 14.1. The van der Waals surface area contributed by atoms with Crippen molar-refractivity contribution >= 4 is 5.78 Å². The van der Waals surface area contributed by atoms with Crippen LogP contribution < -0.4 is 4.74 Å². The SMILES string of the molecule is CC(C)(C)c1cc(CC(=O)Cc2ccc(C#Cc3ccc(OCCCN4CCCCC4)c(F)c3)cc2)no1. The lowest BCUT2D eigenvalue weighted by Crippen LogP contribution is -2.31. The van der Waals surface area contributed by atoms with Crippen LogP contribution in [0, 0.1) is 17.7 Å². The molecule has 38 heavy (non-hydrogen) atoms. The Hall–Kier alpha value is -3.43. The zero-order valence-electron chi connectivity index (χ0n) is 22.7. The van der Waals surface area contributed by atoms with Crippen molar-refractivity contribution in [2.24, 2.45) is 0 Å². The number of piperidine rings is 1. The molecule has 1 fully saturated rings. The molecule has 0 N–H and O–H groups in total. The van der Waals surface area contributed by atoms with Crippen LogP contribution >= 0.6 is 0 Å². The number of nitrogens with zero attached hydrogens (tertiary/aromatic N) is 2. The van der Waals surface area contributed by atoms with Crippen molar-refractivity contribution < 1.29 is 18.4 Å². The van der Waals surface area contributed by atoms with Gasteiger partial charge in [0.1, 0.15) is 11.5 Å². The van der Waals surface area contributed by atoms with Crippen LogP contribution in [0.2, 0.25) is 0 Å². The highest BCUT2D eigenvalue weighted by molar-refractivity contribution is 5.82. The fourth-order valence-electron chi connectivity index (χ4n) is 4.44. The van der Waals surface area contributed by atoms with Crippen LogP contribution in [0.1, 0.15) is 74.6 Å². The minimum Gasteiger partial charge on any atom is -0.490 e. The average molecular weight is 517 g/mol. The number of hydrogen-bond donors (Lipinski definition) is 0. The highest BCUT2D eigenvalue weighted by atomic mass is 19.1. The molecule has 3 aromatic rings. The Morgan fingerprint density at radius 1 is 1.00 bits per heavy atom. The summed E-state index contributed by atoms with van der Waals surface area (Å²) in [5.74, 6) is 6.78. The third kappa shape index (κ3) is 8.29. The van der Waals surface area contributed by atoms with Gasteiger partial charge in [0, 0.05) is 35.6 Å². The minimum absolute atomic E-state index is 0.0712. The van der Waals surface area contributed by atoms with Crippen LogP contribution in [-0.4, -0.2) is 42.1 Å². The largest absolute Gasteiger partial charge is 0.490 e. The Morgan fingerprint density at radius 3 is 2.39 bits per heavy atom. The predicted octanol–water partition coefficient (Wildman–Crippen LogP) is 6.12. The van der Waals surface area contributed by atoms with Gasteiger partial charge >= 0.3 is 0 Å². The van der Waals surface area contributed by atoms with Crippen molar-refractivity contribution in [1.82, 2.24) is 10.1 Å². The molecule has 1 saturated heterocycles. The molecule has 0 radical (unpaired) electrons. The van der Waals surface area contributed by atoms with E-state index in [1.807, 2.05) is 51.1 Å². The number of hydrogen-bond acceptors (Lipinski definition) is 5. The number of aromatic nitrogens is 1. The molecule has 1 aromatic heterocycles. The number of ether oxygens (including phenoxy) is 1. The van der Waals surface area contributed by atoms with Gasteiger partial charge in [0.15, 0.2) is 11.6 Å². The predicted molar refractivity (Wildman–Crippen MR) is 147 cm³/mol. The van der Waals surface area contributed by atoms with E-state index >= 15 is 0 Å². The number of likely N-dealkylation sites (tertiary alicyclic amines) is 1. The summed E-state index contributed by atoms with van der Waals surface area (Å²) in [6.07, 6.45) is 5.31. The summed E-state index contributed by atoms with van der Waals surface area (Å²) in [5, 5.41) is 4.03. The summed E-state index contributed by atoms with van der Waals surface area (Å²) in [6, 6.07) is 14.2. The van der Waals surface area contributed by atoms with E-state index in [4.69, 9.17) is 9.26 Å². The molecule has 6 heteroatoms. The second kappa shape index (κ2) is 12.9. The lowest BCUT2D eigenvalue weighted by molar-refractivity contribution is -0.117. The summed E-state index contributed by atoms with van der Waals surface area (Å²) >= 11 is 0. The molecule has 1 aliphatic heterocycles. The van der Waals surface area contributed by atoms with Gasteiger partial charge in [-0.05, 0) is 68.2 Å². The molecule has 200 valence electrons. The first-order chi connectivity index (χ1) is 18.3. The van der Waals surface area contributed by atoms with Crippen molar-refractivity contribution in [3.63, 3.8) is 0 Å². The quantitative estimate of drug-likeness (QED) is 0.253. The number of benzene rings is 2. The Labute approximate surface area is 225 Å². The van der Waals surface area contributed by atoms with Crippen LogP contribution in [0.25, 0.3) is 0 Å². The molecule has 4 rings (SSSR count). The fraction of sp³-hybridized carbons (Fsp3) is 0.438. The molecule has 0 bridgehead atoms. The van der Waals surface area contributed by atoms with E-state index in [9.17, 15) is 9.18 Å². The highest BCUT2D eigenvalue weighted by Gasteiger charge is 2.20. The van der Waals surface area contributed by atoms with Crippen LogP contribution in [0.5, 0.6) is 5.75 Å². The smallest absolute Gasteiger partial charge is 0.166 e. The molecule has 2 aromatic carbocycles. The molecule has 2 heterocycles. The lowest BCUT2D eigenvalue weighted by Gasteiger charge is -2.26. The van der Waals surface area contributed by atoms with Gasteiger partial charge in [-0.25, -0.2) is 4.39 Å². The van der Waals surface area contributed by atoms with Gasteiger partial charge in [-0.3, -0.25) is 4.79 Å². The first kappa shape index (κ1) is 27.6. The standard InChI is InChI=1S/C32H37FN2O3/c1-32(2,3)31-23-27(34-38-31)22-28(36)20-25-11-8-24(9-12-25)10-13-26-14-15-30(29(33)21-26)37-19-7-18-35-16-5-4-6-17-35/h8-9,11-12,14-15,21,23H,4-7,16-20,22H2,1-3H3. The second-order valence-electron chi connectivity index (χ2n) is 11.0. The highest BCUT2D eigenvalue weighted by Crippen LogP contribution is 2.23. The number of carbonyl (C=O) groups is 1. The van der Waals surface area contributed by atoms with Crippen molar-refractivity contribution in [2.45, 2.75) is 64.7 Å². The summed E-state index contributed by atoms with van der Waals surface area (Å²) in [6.45, 7) is 9.95. The topological polar surface area (TPSA) is 55.6 Å². The minimum atomic E-state index is -0.398. The fourth-order valence-corrected chi connectivity index (χ4v) is 4.44. The molecule has 0 amide bonds.